The first kappa shape index (κ1) is 9.51. The first-order chi connectivity index (χ1) is 7.09. The first-order valence-electron chi connectivity index (χ1n) is 4.49. The predicted octanol–water partition coefficient (Wildman–Crippen LogP) is 1.33. The van der Waals surface area contributed by atoms with E-state index < -0.39 is 5.97 Å². The zero-order valence-corrected chi connectivity index (χ0v) is 8.48. The van der Waals surface area contributed by atoms with Crippen molar-refractivity contribution in [1.82, 2.24) is 9.97 Å². The van der Waals surface area contributed by atoms with Gasteiger partial charge >= 0.3 is 5.97 Å². The van der Waals surface area contributed by atoms with Crippen molar-refractivity contribution in [1.29, 1.82) is 0 Å². The molecule has 2 rings (SSSR count). The third-order valence-electron chi connectivity index (χ3n) is 2.15. The minimum Gasteiger partial charge on any atom is -0.478 e. The van der Waals surface area contributed by atoms with Gasteiger partial charge in [-0.05, 0) is 12.1 Å². The van der Waals surface area contributed by atoms with E-state index in [0.29, 0.717) is 11.5 Å². The number of aromatic carboxylic acids is 1. The van der Waals surface area contributed by atoms with Crippen LogP contribution in [0.5, 0.6) is 0 Å². The number of para-hydroxylation sites is 1. The highest BCUT2D eigenvalue weighted by atomic mass is 16.4. The number of aromatic amines is 1. The van der Waals surface area contributed by atoms with Gasteiger partial charge in [-0.3, -0.25) is 0 Å². The number of carbonyl (C=O) groups is 1. The molecule has 0 radical (unpaired) electrons. The second kappa shape index (κ2) is 3.27. The van der Waals surface area contributed by atoms with E-state index in [0.717, 1.165) is 5.52 Å². The Morgan fingerprint density at radius 2 is 2.20 bits per heavy atom. The molecule has 0 saturated carbocycles. The van der Waals surface area contributed by atoms with Crippen molar-refractivity contribution in [2.45, 2.75) is 0 Å². The van der Waals surface area contributed by atoms with E-state index in [9.17, 15) is 4.79 Å². The zero-order chi connectivity index (χ0) is 11.0. The number of hydrogen-bond acceptors (Lipinski definition) is 3. The molecule has 2 N–H and O–H groups in total. The summed E-state index contributed by atoms with van der Waals surface area (Å²) in [6.07, 6.45) is 0. The van der Waals surface area contributed by atoms with Gasteiger partial charge in [0.25, 0.3) is 0 Å². The largest absolute Gasteiger partial charge is 0.478 e. The molecule has 0 unspecified atom stereocenters. The molecule has 5 heteroatoms. The van der Waals surface area contributed by atoms with Crippen molar-refractivity contribution in [3.8, 4) is 0 Å². The summed E-state index contributed by atoms with van der Waals surface area (Å²) in [6, 6.07) is 5.05. The second-order valence-electron chi connectivity index (χ2n) is 3.46. The van der Waals surface area contributed by atoms with Crippen molar-refractivity contribution in [2.24, 2.45) is 0 Å². The number of benzene rings is 1. The Balaban J connectivity index is 2.70. The van der Waals surface area contributed by atoms with Crippen LogP contribution >= 0.6 is 0 Å². The summed E-state index contributed by atoms with van der Waals surface area (Å²) < 4.78 is 0. The number of carboxylic acid groups (broad SMARTS) is 1. The Bertz CT molecular complexity index is 516. The number of hydrogen-bond donors (Lipinski definition) is 2. The number of aromatic nitrogens is 2. The summed E-state index contributed by atoms with van der Waals surface area (Å²) in [5, 5.41) is 8.96. The molecule has 0 amide bonds. The molecule has 2 aromatic rings. The van der Waals surface area contributed by atoms with Crippen LogP contribution in [-0.4, -0.2) is 35.1 Å². The fourth-order valence-corrected chi connectivity index (χ4v) is 1.40. The summed E-state index contributed by atoms with van der Waals surface area (Å²) in [6.45, 7) is 0. The fourth-order valence-electron chi connectivity index (χ4n) is 1.40. The lowest BCUT2D eigenvalue weighted by molar-refractivity contribution is 0.0699. The Morgan fingerprint density at radius 1 is 1.47 bits per heavy atom. The molecule has 1 aromatic carbocycles. The minimum absolute atomic E-state index is 0.219. The maximum absolute atomic E-state index is 10.9. The molecule has 15 heavy (non-hydrogen) atoms. The van der Waals surface area contributed by atoms with E-state index in [1.807, 2.05) is 20.2 Å². The maximum atomic E-state index is 10.9. The van der Waals surface area contributed by atoms with Gasteiger partial charge in [0, 0.05) is 14.1 Å². The van der Waals surface area contributed by atoms with Gasteiger partial charge in [-0.1, -0.05) is 6.07 Å². The third kappa shape index (κ3) is 1.52. The van der Waals surface area contributed by atoms with Crippen LogP contribution < -0.4 is 4.90 Å². The van der Waals surface area contributed by atoms with E-state index in [-0.39, 0.29) is 5.56 Å². The molecule has 5 nitrogen and oxygen atoms in total. The zero-order valence-electron chi connectivity index (χ0n) is 8.48. The Morgan fingerprint density at radius 3 is 2.80 bits per heavy atom. The Labute approximate surface area is 86.4 Å². The van der Waals surface area contributed by atoms with Crippen molar-refractivity contribution in [3.05, 3.63) is 23.8 Å². The summed E-state index contributed by atoms with van der Waals surface area (Å²) in [5.74, 6) is -0.309. The highest BCUT2D eigenvalue weighted by Gasteiger charge is 2.12. The summed E-state index contributed by atoms with van der Waals surface area (Å²) >= 11 is 0. The standard InChI is InChI=1S/C10H11N3O2/c1-13(2)10-11-7-5-3-4-6(9(14)15)8(7)12-10/h3-5H,1-2H3,(H,11,12)(H,14,15). The highest BCUT2D eigenvalue weighted by Crippen LogP contribution is 2.19. The number of imidazole rings is 1. The van der Waals surface area contributed by atoms with E-state index in [4.69, 9.17) is 5.11 Å². The molecule has 0 saturated heterocycles. The van der Waals surface area contributed by atoms with Crippen molar-refractivity contribution in [2.75, 3.05) is 19.0 Å². The van der Waals surface area contributed by atoms with Crippen molar-refractivity contribution in [3.63, 3.8) is 0 Å². The van der Waals surface area contributed by atoms with Crippen LogP contribution in [0.25, 0.3) is 11.0 Å². The normalized spacial score (nSPS) is 10.5. The Hall–Kier alpha value is -2.04. The van der Waals surface area contributed by atoms with Crippen LogP contribution in [0.3, 0.4) is 0 Å². The highest BCUT2D eigenvalue weighted by molar-refractivity contribution is 6.01. The number of fused-ring (bicyclic) bond motifs is 1. The number of nitrogens with one attached hydrogen (secondary N) is 1. The van der Waals surface area contributed by atoms with Gasteiger partial charge in [0.15, 0.2) is 0 Å². The van der Waals surface area contributed by atoms with E-state index in [2.05, 4.69) is 9.97 Å². The van der Waals surface area contributed by atoms with Gasteiger partial charge in [-0.15, -0.1) is 0 Å². The molecule has 0 aliphatic carbocycles. The van der Waals surface area contributed by atoms with Gasteiger partial charge in [-0.25, -0.2) is 9.78 Å². The van der Waals surface area contributed by atoms with Gasteiger partial charge < -0.3 is 15.0 Å². The van der Waals surface area contributed by atoms with Crippen molar-refractivity contribution >= 4 is 23.0 Å². The lowest BCUT2D eigenvalue weighted by atomic mass is 10.2. The minimum atomic E-state index is -0.961. The van der Waals surface area contributed by atoms with E-state index in [1.165, 1.54) is 0 Å². The SMILES string of the molecule is CN(C)c1nc2c(C(=O)O)cccc2[nH]1. The van der Waals surface area contributed by atoms with E-state index >= 15 is 0 Å². The topological polar surface area (TPSA) is 69.2 Å². The number of nitrogens with zero attached hydrogens (tertiary/aromatic N) is 2. The molecule has 0 aliphatic heterocycles. The molecule has 0 fully saturated rings. The average molecular weight is 205 g/mol. The van der Waals surface area contributed by atoms with Gasteiger partial charge in [-0.2, -0.15) is 0 Å². The number of H-pyrrole nitrogens is 1. The second-order valence-corrected chi connectivity index (χ2v) is 3.46. The van der Waals surface area contributed by atoms with E-state index in [1.54, 1.807) is 17.0 Å². The predicted molar refractivity (Wildman–Crippen MR) is 57.4 cm³/mol. The number of rotatable bonds is 2. The van der Waals surface area contributed by atoms with Gasteiger partial charge in [0.2, 0.25) is 5.95 Å². The van der Waals surface area contributed by atoms with Crippen molar-refractivity contribution < 1.29 is 9.90 Å². The van der Waals surface area contributed by atoms with Crippen LogP contribution in [0.2, 0.25) is 0 Å². The lowest BCUT2D eigenvalue weighted by Crippen LogP contribution is -2.10. The molecule has 0 atom stereocenters. The molecule has 0 aliphatic rings. The third-order valence-corrected chi connectivity index (χ3v) is 2.15. The molecule has 0 bridgehead atoms. The summed E-state index contributed by atoms with van der Waals surface area (Å²) in [7, 11) is 3.69. The molecule has 1 aromatic heterocycles. The molecular formula is C10H11N3O2. The smallest absolute Gasteiger partial charge is 0.337 e. The Kier molecular flexibility index (Phi) is 2.07. The molecular weight excluding hydrogens is 194 g/mol. The quantitative estimate of drug-likeness (QED) is 0.776. The average Bonchev–Trinajstić information content (AvgIpc) is 2.60. The van der Waals surface area contributed by atoms with Crippen LogP contribution in [-0.2, 0) is 0 Å². The van der Waals surface area contributed by atoms with Crippen LogP contribution in [0.4, 0.5) is 5.95 Å². The number of carboxylic acids is 1. The van der Waals surface area contributed by atoms with Crippen LogP contribution in [0.1, 0.15) is 10.4 Å². The summed E-state index contributed by atoms with van der Waals surface area (Å²) in [4.78, 5) is 20.0. The number of anilines is 1. The first-order valence-corrected chi connectivity index (χ1v) is 4.49. The molecule has 0 spiro atoms. The lowest BCUT2D eigenvalue weighted by Gasteiger charge is -2.05. The molecule has 1 heterocycles. The van der Waals surface area contributed by atoms with Gasteiger partial charge in [0.1, 0.15) is 5.52 Å². The molecule has 78 valence electrons. The summed E-state index contributed by atoms with van der Waals surface area (Å²) in [5.41, 5.74) is 1.45. The monoisotopic (exact) mass is 205 g/mol. The van der Waals surface area contributed by atoms with Gasteiger partial charge in [0.05, 0.1) is 11.1 Å². The maximum Gasteiger partial charge on any atom is 0.337 e. The van der Waals surface area contributed by atoms with Crippen LogP contribution in [0, 0.1) is 0 Å². The van der Waals surface area contributed by atoms with Crippen LogP contribution in [0.15, 0.2) is 18.2 Å². The fraction of sp³-hybridized carbons (Fsp3) is 0.200.